The summed E-state index contributed by atoms with van der Waals surface area (Å²) in [5.41, 5.74) is 2.10. The quantitative estimate of drug-likeness (QED) is 0.761. The van der Waals surface area contributed by atoms with Gasteiger partial charge >= 0.3 is 0 Å². The highest BCUT2D eigenvalue weighted by molar-refractivity contribution is 6.02. The van der Waals surface area contributed by atoms with Gasteiger partial charge in [-0.25, -0.2) is 0 Å². The number of amides is 2. The number of carbonyl (C=O) groups is 2. The zero-order valence-electron chi connectivity index (χ0n) is 10.9. The summed E-state index contributed by atoms with van der Waals surface area (Å²) in [7, 11) is 3.01. The molecule has 6 heteroatoms. The average Bonchev–Trinajstić information content (AvgIpc) is 2.78. The number of nitrogens with one attached hydrogen (secondary N) is 2. The third-order valence-corrected chi connectivity index (χ3v) is 2.95. The van der Waals surface area contributed by atoms with Crippen LogP contribution >= 0.6 is 0 Å². The highest BCUT2D eigenvalue weighted by Crippen LogP contribution is 2.23. The predicted octanol–water partition coefficient (Wildman–Crippen LogP) is 0.530. The van der Waals surface area contributed by atoms with Gasteiger partial charge in [0.1, 0.15) is 0 Å². The lowest BCUT2D eigenvalue weighted by molar-refractivity contribution is -0.115. The number of benzene rings is 1. The van der Waals surface area contributed by atoms with Crippen LogP contribution in [0.2, 0.25) is 0 Å². The van der Waals surface area contributed by atoms with Crippen LogP contribution in [0.25, 0.3) is 0 Å². The largest absolute Gasteiger partial charge is 0.354 e. The third kappa shape index (κ3) is 3.10. The highest BCUT2D eigenvalue weighted by Gasteiger charge is 2.19. The molecule has 102 valence electrons. The molecule has 1 aromatic carbocycles. The Morgan fingerprint density at radius 3 is 2.84 bits per heavy atom. The van der Waals surface area contributed by atoms with Gasteiger partial charge in [-0.3, -0.25) is 9.59 Å². The van der Waals surface area contributed by atoms with Gasteiger partial charge in [0.15, 0.2) is 6.29 Å². The summed E-state index contributed by atoms with van der Waals surface area (Å²) in [6, 6.07) is 5.15. The molecule has 0 radical (unpaired) electrons. The molecule has 2 amide bonds. The van der Waals surface area contributed by atoms with Gasteiger partial charge in [-0.2, -0.15) is 0 Å². The van der Waals surface area contributed by atoms with Crippen molar-refractivity contribution in [2.45, 2.75) is 12.7 Å². The van der Waals surface area contributed by atoms with Crippen molar-refractivity contribution >= 4 is 17.5 Å². The summed E-state index contributed by atoms with van der Waals surface area (Å²) in [4.78, 5) is 23.2. The fourth-order valence-corrected chi connectivity index (χ4v) is 1.90. The summed E-state index contributed by atoms with van der Waals surface area (Å²) < 4.78 is 9.96. The molecule has 2 N–H and O–H groups in total. The van der Waals surface area contributed by atoms with E-state index in [9.17, 15) is 9.59 Å². The molecule has 1 heterocycles. The molecule has 0 unspecified atom stereocenters. The van der Waals surface area contributed by atoms with Gasteiger partial charge in [-0.15, -0.1) is 0 Å². The van der Waals surface area contributed by atoms with Crippen molar-refractivity contribution < 1.29 is 19.1 Å². The molecule has 0 saturated heterocycles. The van der Waals surface area contributed by atoms with Crippen LogP contribution in [0.4, 0.5) is 5.69 Å². The standard InChI is InChI=1S/C13H16N2O4/c1-18-12(19-2)7-14-13(17)9-4-3-8-6-11(16)15-10(8)5-9/h3-5,12H,6-7H2,1-2H3,(H,14,17)(H,15,16). The van der Waals surface area contributed by atoms with Gasteiger partial charge in [0.25, 0.3) is 5.91 Å². The van der Waals surface area contributed by atoms with Crippen LogP contribution in [0.3, 0.4) is 0 Å². The maximum atomic E-state index is 11.9. The number of hydrogen-bond acceptors (Lipinski definition) is 4. The Kier molecular flexibility index (Phi) is 4.13. The van der Waals surface area contributed by atoms with Gasteiger partial charge < -0.3 is 20.1 Å². The summed E-state index contributed by atoms with van der Waals surface area (Å²) in [5, 5.41) is 5.41. The van der Waals surface area contributed by atoms with Gasteiger partial charge in [-0.1, -0.05) is 6.07 Å². The third-order valence-electron chi connectivity index (χ3n) is 2.95. The van der Waals surface area contributed by atoms with Crippen LogP contribution < -0.4 is 10.6 Å². The highest BCUT2D eigenvalue weighted by atomic mass is 16.7. The maximum Gasteiger partial charge on any atom is 0.251 e. The Morgan fingerprint density at radius 1 is 1.42 bits per heavy atom. The van der Waals surface area contributed by atoms with Crippen molar-refractivity contribution in [3.63, 3.8) is 0 Å². The molecule has 0 aliphatic carbocycles. The van der Waals surface area contributed by atoms with E-state index >= 15 is 0 Å². The van der Waals surface area contributed by atoms with Crippen LogP contribution in [-0.2, 0) is 20.7 Å². The Morgan fingerprint density at radius 2 is 2.16 bits per heavy atom. The minimum absolute atomic E-state index is 0.0496. The van der Waals surface area contributed by atoms with E-state index < -0.39 is 6.29 Å². The monoisotopic (exact) mass is 264 g/mol. The zero-order chi connectivity index (χ0) is 13.8. The lowest BCUT2D eigenvalue weighted by Gasteiger charge is -2.14. The molecule has 6 nitrogen and oxygen atoms in total. The van der Waals surface area contributed by atoms with E-state index in [1.807, 2.05) is 0 Å². The van der Waals surface area contributed by atoms with Gasteiger partial charge in [-0.05, 0) is 17.7 Å². The van der Waals surface area contributed by atoms with E-state index in [0.29, 0.717) is 17.7 Å². The molecule has 1 aliphatic heterocycles. The molecule has 0 bridgehead atoms. The molecular formula is C13H16N2O4. The Hall–Kier alpha value is -1.92. The van der Waals surface area contributed by atoms with Crippen molar-refractivity contribution in [3.8, 4) is 0 Å². The number of fused-ring (bicyclic) bond motifs is 1. The molecule has 0 saturated carbocycles. The SMILES string of the molecule is COC(CNC(=O)c1ccc2c(c1)NC(=O)C2)OC. The topological polar surface area (TPSA) is 76.7 Å². The fraction of sp³-hybridized carbons (Fsp3) is 0.385. The Balaban J connectivity index is 2.01. The van der Waals surface area contributed by atoms with E-state index in [0.717, 1.165) is 5.56 Å². The molecule has 0 spiro atoms. The van der Waals surface area contributed by atoms with Gasteiger partial charge in [0.05, 0.1) is 13.0 Å². The van der Waals surface area contributed by atoms with Crippen molar-refractivity contribution in [1.82, 2.24) is 5.32 Å². The van der Waals surface area contributed by atoms with Crippen LogP contribution in [0.15, 0.2) is 18.2 Å². The van der Waals surface area contributed by atoms with Gasteiger partial charge in [0.2, 0.25) is 5.91 Å². The minimum Gasteiger partial charge on any atom is -0.354 e. The number of ether oxygens (including phenoxy) is 2. The fourth-order valence-electron chi connectivity index (χ4n) is 1.90. The molecule has 1 aromatic rings. The van der Waals surface area contributed by atoms with E-state index in [4.69, 9.17) is 9.47 Å². The molecule has 0 aromatic heterocycles. The minimum atomic E-state index is -0.474. The molecule has 2 rings (SSSR count). The second kappa shape index (κ2) is 5.81. The average molecular weight is 264 g/mol. The van der Waals surface area contributed by atoms with Gasteiger partial charge in [0, 0.05) is 25.5 Å². The number of hydrogen-bond donors (Lipinski definition) is 2. The first-order valence-electron chi connectivity index (χ1n) is 5.90. The summed E-state index contributed by atoms with van der Waals surface area (Å²) in [5.74, 6) is -0.283. The van der Waals surface area contributed by atoms with Crippen molar-refractivity contribution in [1.29, 1.82) is 0 Å². The second-order valence-electron chi connectivity index (χ2n) is 4.21. The van der Waals surface area contributed by atoms with E-state index in [1.165, 1.54) is 14.2 Å². The Bertz CT molecular complexity index is 497. The van der Waals surface area contributed by atoms with Crippen LogP contribution in [-0.4, -0.2) is 38.9 Å². The van der Waals surface area contributed by atoms with Crippen molar-refractivity contribution in [2.75, 3.05) is 26.1 Å². The predicted molar refractivity (Wildman–Crippen MR) is 68.9 cm³/mol. The molecule has 0 atom stereocenters. The molecule has 19 heavy (non-hydrogen) atoms. The lowest BCUT2D eigenvalue weighted by Crippen LogP contribution is -2.34. The lowest BCUT2D eigenvalue weighted by atomic mass is 10.1. The van der Waals surface area contributed by atoms with Crippen molar-refractivity contribution in [2.24, 2.45) is 0 Å². The van der Waals surface area contributed by atoms with E-state index in [1.54, 1.807) is 18.2 Å². The molecule has 0 fully saturated rings. The van der Waals surface area contributed by atoms with Crippen LogP contribution in [0, 0.1) is 0 Å². The van der Waals surface area contributed by atoms with Crippen LogP contribution in [0.5, 0.6) is 0 Å². The number of carbonyl (C=O) groups excluding carboxylic acids is 2. The first-order valence-corrected chi connectivity index (χ1v) is 5.90. The summed E-state index contributed by atoms with van der Waals surface area (Å²) in [6.45, 7) is 0.259. The summed E-state index contributed by atoms with van der Waals surface area (Å²) >= 11 is 0. The Labute approximate surface area is 111 Å². The first-order chi connectivity index (χ1) is 9.13. The second-order valence-corrected chi connectivity index (χ2v) is 4.21. The number of anilines is 1. The maximum absolute atomic E-state index is 11.9. The number of methoxy groups -OCH3 is 2. The molecule has 1 aliphatic rings. The van der Waals surface area contributed by atoms with Crippen LogP contribution in [0.1, 0.15) is 15.9 Å². The zero-order valence-corrected chi connectivity index (χ0v) is 10.9. The molecular weight excluding hydrogens is 248 g/mol. The smallest absolute Gasteiger partial charge is 0.251 e. The van der Waals surface area contributed by atoms with E-state index in [-0.39, 0.29) is 18.4 Å². The first kappa shape index (κ1) is 13.5. The van der Waals surface area contributed by atoms with Crippen molar-refractivity contribution in [3.05, 3.63) is 29.3 Å². The normalized spacial score (nSPS) is 13.3. The van der Waals surface area contributed by atoms with E-state index in [2.05, 4.69) is 10.6 Å². The summed E-state index contributed by atoms with van der Waals surface area (Å²) in [6.07, 6.45) is -0.106. The number of rotatable bonds is 5.